The van der Waals surface area contributed by atoms with E-state index in [0.29, 0.717) is 0 Å². The lowest BCUT2D eigenvalue weighted by Gasteiger charge is -2.01. The standard InChI is InChI=1S/C18H24N2/c1-14(2)8-7-9-15(3)12-13-18-19-16-10-5-6-11-17(16)20(18)4/h5-6,8,10-12H,7,9,13H2,1-4H3/b15-12+. The van der Waals surface area contributed by atoms with Gasteiger partial charge in [-0.25, -0.2) is 4.98 Å². The average molecular weight is 268 g/mol. The lowest BCUT2D eigenvalue weighted by molar-refractivity contribution is 0.846. The Bertz CT molecular complexity index is 640. The number of hydrogen-bond acceptors (Lipinski definition) is 1. The van der Waals surface area contributed by atoms with Gasteiger partial charge in [-0.05, 0) is 45.7 Å². The fourth-order valence-corrected chi connectivity index (χ4v) is 2.33. The zero-order chi connectivity index (χ0) is 14.5. The fraction of sp³-hybridized carbons (Fsp3) is 0.389. The van der Waals surface area contributed by atoms with E-state index < -0.39 is 0 Å². The van der Waals surface area contributed by atoms with Crippen LogP contribution in [0.1, 0.15) is 39.4 Å². The van der Waals surface area contributed by atoms with Gasteiger partial charge in [0.2, 0.25) is 0 Å². The van der Waals surface area contributed by atoms with Gasteiger partial charge in [0, 0.05) is 13.5 Å². The first-order chi connectivity index (χ1) is 9.58. The molecule has 106 valence electrons. The van der Waals surface area contributed by atoms with E-state index >= 15 is 0 Å². The number of allylic oxidation sites excluding steroid dienone is 4. The van der Waals surface area contributed by atoms with Gasteiger partial charge in [0.15, 0.2) is 0 Å². The monoisotopic (exact) mass is 268 g/mol. The van der Waals surface area contributed by atoms with Gasteiger partial charge in [-0.15, -0.1) is 0 Å². The topological polar surface area (TPSA) is 17.8 Å². The summed E-state index contributed by atoms with van der Waals surface area (Å²) in [5.41, 5.74) is 5.13. The van der Waals surface area contributed by atoms with Crippen molar-refractivity contribution in [3.63, 3.8) is 0 Å². The van der Waals surface area contributed by atoms with Crippen LogP contribution in [0.3, 0.4) is 0 Å². The zero-order valence-electron chi connectivity index (χ0n) is 13.0. The van der Waals surface area contributed by atoms with E-state index in [1.807, 2.05) is 6.07 Å². The molecule has 0 bridgehead atoms. The van der Waals surface area contributed by atoms with Crippen molar-refractivity contribution < 1.29 is 0 Å². The molecule has 0 fully saturated rings. The number of para-hydroxylation sites is 2. The number of rotatable bonds is 5. The molecule has 0 atom stereocenters. The van der Waals surface area contributed by atoms with E-state index in [-0.39, 0.29) is 0 Å². The van der Waals surface area contributed by atoms with E-state index in [0.717, 1.165) is 30.6 Å². The summed E-state index contributed by atoms with van der Waals surface area (Å²) in [6.07, 6.45) is 7.78. The molecule has 1 aromatic carbocycles. The number of benzene rings is 1. The molecule has 0 aliphatic heterocycles. The summed E-state index contributed by atoms with van der Waals surface area (Å²) in [6.45, 7) is 6.51. The van der Waals surface area contributed by atoms with Crippen LogP contribution in [0.5, 0.6) is 0 Å². The maximum atomic E-state index is 4.70. The minimum absolute atomic E-state index is 0.909. The molecule has 0 amide bonds. The largest absolute Gasteiger partial charge is 0.331 e. The number of nitrogens with zero attached hydrogens (tertiary/aromatic N) is 2. The van der Waals surface area contributed by atoms with Gasteiger partial charge in [-0.2, -0.15) is 0 Å². The van der Waals surface area contributed by atoms with Crippen LogP contribution < -0.4 is 0 Å². The molecule has 0 aliphatic rings. The van der Waals surface area contributed by atoms with Crippen LogP contribution in [-0.4, -0.2) is 9.55 Å². The van der Waals surface area contributed by atoms with Crippen molar-refractivity contribution in [2.24, 2.45) is 7.05 Å². The lowest BCUT2D eigenvalue weighted by atomic mass is 10.1. The predicted molar refractivity (Wildman–Crippen MR) is 86.8 cm³/mol. The third kappa shape index (κ3) is 3.60. The summed E-state index contributed by atoms with van der Waals surface area (Å²) in [4.78, 5) is 4.70. The highest BCUT2D eigenvalue weighted by Gasteiger charge is 2.05. The second kappa shape index (κ2) is 6.56. The Morgan fingerprint density at radius 1 is 1.15 bits per heavy atom. The SMILES string of the molecule is CC(C)=CCC/C(C)=C/Cc1nc2ccccc2n1C. The molecule has 0 spiro atoms. The fourth-order valence-electron chi connectivity index (χ4n) is 2.33. The lowest BCUT2D eigenvalue weighted by Crippen LogP contribution is -1.96. The van der Waals surface area contributed by atoms with Crippen molar-refractivity contribution in [3.8, 4) is 0 Å². The maximum absolute atomic E-state index is 4.70. The van der Waals surface area contributed by atoms with Crippen LogP contribution in [-0.2, 0) is 13.5 Å². The normalized spacial score (nSPS) is 11.9. The molecule has 1 heterocycles. The van der Waals surface area contributed by atoms with Crippen molar-refractivity contribution in [2.75, 3.05) is 0 Å². The molecule has 2 nitrogen and oxygen atoms in total. The van der Waals surface area contributed by atoms with Crippen LogP contribution in [0.15, 0.2) is 47.6 Å². The Morgan fingerprint density at radius 3 is 2.60 bits per heavy atom. The number of imidazole rings is 1. The van der Waals surface area contributed by atoms with Gasteiger partial charge in [-0.1, -0.05) is 35.4 Å². The van der Waals surface area contributed by atoms with Crippen molar-refractivity contribution in [1.29, 1.82) is 0 Å². The number of aromatic nitrogens is 2. The minimum atomic E-state index is 0.909. The van der Waals surface area contributed by atoms with Crippen LogP contribution in [0.4, 0.5) is 0 Å². The van der Waals surface area contributed by atoms with Crippen LogP contribution >= 0.6 is 0 Å². The van der Waals surface area contributed by atoms with Gasteiger partial charge in [0.05, 0.1) is 11.0 Å². The number of aryl methyl sites for hydroxylation is 1. The molecule has 2 heteroatoms. The molecule has 1 aromatic heterocycles. The van der Waals surface area contributed by atoms with Gasteiger partial charge in [0.25, 0.3) is 0 Å². The van der Waals surface area contributed by atoms with E-state index in [9.17, 15) is 0 Å². The molecule has 0 aliphatic carbocycles. The Hall–Kier alpha value is -1.83. The van der Waals surface area contributed by atoms with E-state index in [1.165, 1.54) is 16.7 Å². The van der Waals surface area contributed by atoms with Crippen molar-refractivity contribution >= 4 is 11.0 Å². The molecule has 0 N–H and O–H groups in total. The number of fused-ring (bicyclic) bond motifs is 1. The first-order valence-corrected chi connectivity index (χ1v) is 7.27. The molecule has 20 heavy (non-hydrogen) atoms. The maximum Gasteiger partial charge on any atom is 0.113 e. The van der Waals surface area contributed by atoms with Crippen molar-refractivity contribution in [1.82, 2.24) is 9.55 Å². The summed E-state index contributed by atoms with van der Waals surface area (Å²) in [5, 5.41) is 0. The Kier molecular flexibility index (Phi) is 4.78. The van der Waals surface area contributed by atoms with Crippen molar-refractivity contribution in [3.05, 3.63) is 53.4 Å². The Morgan fingerprint density at radius 2 is 1.90 bits per heavy atom. The Labute approximate surface area is 121 Å². The highest BCUT2D eigenvalue weighted by Crippen LogP contribution is 2.16. The summed E-state index contributed by atoms with van der Waals surface area (Å²) in [5.74, 6) is 1.13. The smallest absolute Gasteiger partial charge is 0.113 e. The predicted octanol–water partition coefficient (Wildman–Crippen LogP) is 4.81. The first kappa shape index (κ1) is 14.6. The van der Waals surface area contributed by atoms with Crippen LogP contribution in [0, 0.1) is 0 Å². The quantitative estimate of drug-likeness (QED) is 0.712. The molecule has 2 rings (SSSR count). The van der Waals surface area contributed by atoms with Gasteiger partial charge < -0.3 is 4.57 Å². The third-order valence-electron chi connectivity index (χ3n) is 3.60. The van der Waals surface area contributed by atoms with E-state index in [1.54, 1.807) is 0 Å². The highest BCUT2D eigenvalue weighted by atomic mass is 15.1. The van der Waals surface area contributed by atoms with Crippen LogP contribution in [0.2, 0.25) is 0 Å². The van der Waals surface area contributed by atoms with E-state index in [4.69, 9.17) is 4.98 Å². The molecule has 0 radical (unpaired) electrons. The molecule has 2 aromatic rings. The molecule has 0 saturated heterocycles. The average Bonchev–Trinajstić information content (AvgIpc) is 2.73. The summed E-state index contributed by atoms with van der Waals surface area (Å²) in [6, 6.07) is 8.30. The first-order valence-electron chi connectivity index (χ1n) is 7.27. The zero-order valence-corrected chi connectivity index (χ0v) is 13.0. The second-order valence-corrected chi connectivity index (χ2v) is 5.65. The summed E-state index contributed by atoms with van der Waals surface area (Å²) >= 11 is 0. The van der Waals surface area contributed by atoms with Gasteiger partial charge >= 0.3 is 0 Å². The summed E-state index contributed by atoms with van der Waals surface area (Å²) in [7, 11) is 2.09. The van der Waals surface area contributed by atoms with E-state index in [2.05, 4.69) is 62.7 Å². The number of hydrogen-bond donors (Lipinski definition) is 0. The minimum Gasteiger partial charge on any atom is -0.331 e. The van der Waals surface area contributed by atoms with Gasteiger partial charge in [-0.3, -0.25) is 0 Å². The molecule has 0 saturated carbocycles. The van der Waals surface area contributed by atoms with Crippen LogP contribution in [0.25, 0.3) is 11.0 Å². The highest BCUT2D eigenvalue weighted by molar-refractivity contribution is 5.75. The van der Waals surface area contributed by atoms with Crippen molar-refractivity contribution in [2.45, 2.75) is 40.0 Å². The Balaban J connectivity index is 2.05. The third-order valence-corrected chi connectivity index (χ3v) is 3.60. The molecular formula is C18H24N2. The summed E-state index contributed by atoms with van der Waals surface area (Å²) < 4.78 is 2.19. The molecular weight excluding hydrogens is 244 g/mol. The second-order valence-electron chi connectivity index (χ2n) is 5.65. The van der Waals surface area contributed by atoms with Gasteiger partial charge in [0.1, 0.15) is 5.82 Å². The molecule has 0 unspecified atom stereocenters.